The lowest BCUT2D eigenvalue weighted by Crippen LogP contribution is -2.36. The van der Waals surface area contributed by atoms with Crippen LogP contribution in [0.4, 0.5) is 28.9 Å². The summed E-state index contributed by atoms with van der Waals surface area (Å²) in [6.07, 6.45) is -3.09. The van der Waals surface area contributed by atoms with Gasteiger partial charge in [0.1, 0.15) is 11.5 Å². The molecule has 2 N–H and O–H groups in total. The number of carbonyl (C=O) groups excluding carboxylic acids is 1. The summed E-state index contributed by atoms with van der Waals surface area (Å²) in [5.41, 5.74) is 1.07. The van der Waals surface area contributed by atoms with Crippen LogP contribution in [0.5, 0.6) is 0 Å². The van der Waals surface area contributed by atoms with Crippen molar-refractivity contribution < 1.29 is 30.8 Å². The summed E-state index contributed by atoms with van der Waals surface area (Å²) in [5, 5.41) is 2.70. The van der Waals surface area contributed by atoms with E-state index in [2.05, 4.69) is 15.3 Å². The first kappa shape index (κ1) is 23.7. The Balaban J connectivity index is 1.53. The van der Waals surface area contributed by atoms with Crippen LogP contribution in [0.1, 0.15) is 34.1 Å². The topological polar surface area (TPSA) is 95.2 Å². The van der Waals surface area contributed by atoms with Crippen LogP contribution in [0.3, 0.4) is 0 Å². The lowest BCUT2D eigenvalue weighted by Gasteiger charge is -2.30. The Bertz CT molecular complexity index is 1350. The van der Waals surface area contributed by atoms with Crippen LogP contribution in [0, 0.1) is 5.82 Å². The van der Waals surface area contributed by atoms with Crippen LogP contribution in [0.25, 0.3) is 0 Å². The third kappa shape index (κ3) is 4.63. The highest BCUT2D eigenvalue weighted by Crippen LogP contribution is 2.34. The van der Waals surface area contributed by atoms with E-state index in [-0.39, 0.29) is 28.8 Å². The van der Waals surface area contributed by atoms with E-state index >= 15 is 0 Å². The van der Waals surface area contributed by atoms with Crippen molar-refractivity contribution in [1.29, 1.82) is 0 Å². The first-order valence-corrected chi connectivity index (χ1v) is 12.0. The molecule has 12 heteroatoms. The Morgan fingerprint density at radius 2 is 2.00 bits per heavy atom. The number of fused-ring (bicyclic) bond motifs is 1. The average Bonchev–Trinajstić information content (AvgIpc) is 3.29. The highest BCUT2D eigenvalue weighted by atomic mass is 32.2. The maximum Gasteiger partial charge on any atom is 0.419 e. The maximum atomic E-state index is 13.9. The van der Waals surface area contributed by atoms with Crippen molar-refractivity contribution >= 4 is 27.1 Å². The van der Waals surface area contributed by atoms with Crippen molar-refractivity contribution in [2.24, 2.45) is 0 Å². The second-order valence-electron chi connectivity index (χ2n) is 7.73. The van der Waals surface area contributed by atoms with Gasteiger partial charge in [0.15, 0.2) is 0 Å². The highest BCUT2D eigenvalue weighted by molar-refractivity contribution is 7.91. The molecular weight excluding hydrogens is 476 g/mol. The number of amides is 1. The zero-order valence-corrected chi connectivity index (χ0v) is 18.7. The smallest absolute Gasteiger partial charge is 0.355 e. The Labute approximate surface area is 192 Å². The van der Waals surface area contributed by atoms with Gasteiger partial charge in [-0.25, -0.2) is 17.8 Å². The molecule has 1 aromatic heterocycles. The fourth-order valence-corrected chi connectivity index (χ4v) is 4.50. The van der Waals surface area contributed by atoms with Crippen molar-refractivity contribution in [3.8, 4) is 0 Å². The van der Waals surface area contributed by atoms with Crippen molar-refractivity contribution in [2.75, 3.05) is 17.6 Å². The number of H-pyrrole nitrogens is 1. The van der Waals surface area contributed by atoms with Gasteiger partial charge >= 0.3 is 6.18 Å². The van der Waals surface area contributed by atoms with Gasteiger partial charge in [0.25, 0.3) is 5.91 Å². The summed E-state index contributed by atoms with van der Waals surface area (Å²) in [6.45, 7) is 2.02. The van der Waals surface area contributed by atoms with Gasteiger partial charge in [-0.2, -0.15) is 13.2 Å². The average molecular weight is 496 g/mol. The minimum absolute atomic E-state index is 0.00927. The number of nitrogens with one attached hydrogen (secondary N) is 2. The molecule has 1 aliphatic rings. The maximum absolute atomic E-state index is 13.9. The van der Waals surface area contributed by atoms with Gasteiger partial charge in [-0.05, 0) is 41.8 Å². The van der Waals surface area contributed by atoms with E-state index in [1.807, 2.05) is 6.07 Å². The van der Waals surface area contributed by atoms with Crippen molar-refractivity contribution in [3.05, 3.63) is 70.8 Å². The van der Waals surface area contributed by atoms with Crippen molar-refractivity contribution in [3.63, 3.8) is 0 Å². The predicted octanol–water partition coefficient (Wildman–Crippen LogP) is 4.30. The van der Waals surface area contributed by atoms with E-state index in [0.29, 0.717) is 24.7 Å². The SMILES string of the molecule is CCS(=O)(=O)c1nc(C(=O)N2CCc3c(cccc3Nc3ccc(C(F)(F)F)c(F)c3)C2)c[nH]1. The molecule has 4 rings (SSSR count). The Kier molecular flexibility index (Phi) is 6.11. The third-order valence-corrected chi connectivity index (χ3v) is 7.11. The van der Waals surface area contributed by atoms with Crippen LogP contribution in [-0.4, -0.2) is 41.5 Å². The number of sulfone groups is 1. The molecule has 2 heterocycles. The number of hydrogen-bond acceptors (Lipinski definition) is 5. The standard InChI is InChI=1S/C22H20F4N4O3S/c1-2-34(32,33)21-27-11-19(29-21)20(31)30-9-8-15-13(12-30)4-3-5-18(15)28-14-6-7-16(17(23)10-14)22(24,25)26/h3-7,10-11,28H,2,8-9,12H2,1H3,(H,27,29). The van der Waals surface area contributed by atoms with E-state index in [4.69, 9.17) is 0 Å². The molecule has 1 amide bonds. The summed E-state index contributed by atoms with van der Waals surface area (Å²) >= 11 is 0. The normalized spacial score (nSPS) is 14.1. The number of anilines is 2. The molecule has 0 bridgehead atoms. The molecule has 0 atom stereocenters. The number of halogens is 4. The molecule has 7 nitrogen and oxygen atoms in total. The lowest BCUT2D eigenvalue weighted by atomic mass is 9.97. The number of hydrogen-bond donors (Lipinski definition) is 2. The van der Waals surface area contributed by atoms with E-state index < -0.39 is 33.3 Å². The van der Waals surface area contributed by atoms with E-state index in [9.17, 15) is 30.8 Å². The zero-order chi connectivity index (χ0) is 24.7. The molecule has 0 saturated heterocycles. The zero-order valence-electron chi connectivity index (χ0n) is 17.9. The summed E-state index contributed by atoms with van der Waals surface area (Å²) in [4.78, 5) is 20.9. The van der Waals surface area contributed by atoms with Gasteiger partial charge in [0.2, 0.25) is 15.0 Å². The molecule has 0 saturated carbocycles. The van der Waals surface area contributed by atoms with Crippen LogP contribution in [0.2, 0.25) is 0 Å². The minimum atomic E-state index is -4.78. The minimum Gasteiger partial charge on any atom is -0.355 e. The van der Waals surface area contributed by atoms with Crippen molar-refractivity contribution in [1.82, 2.24) is 14.9 Å². The molecule has 0 spiro atoms. The molecule has 0 fully saturated rings. The molecule has 0 aliphatic carbocycles. The number of aromatic amines is 1. The molecule has 180 valence electrons. The quantitative estimate of drug-likeness (QED) is 0.514. The molecule has 34 heavy (non-hydrogen) atoms. The molecular formula is C22H20F4N4O3S. The molecule has 0 unspecified atom stereocenters. The fraction of sp³-hybridized carbons (Fsp3) is 0.273. The van der Waals surface area contributed by atoms with Gasteiger partial charge in [0.05, 0.1) is 11.3 Å². The fourth-order valence-electron chi connectivity index (χ4n) is 3.75. The summed E-state index contributed by atoms with van der Waals surface area (Å²) in [7, 11) is -3.57. The second-order valence-corrected chi connectivity index (χ2v) is 9.93. The Morgan fingerprint density at radius 1 is 1.24 bits per heavy atom. The monoisotopic (exact) mass is 496 g/mol. The van der Waals surface area contributed by atoms with Crippen LogP contribution in [-0.2, 0) is 29.0 Å². The number of alkyl halides is 3. The summed E-state index contributed by atoms with van der Waals surface area (Å²) in [5.74, 6) is -1.95. The molecule has 1 aliphatic heterocycles. The predicted molar refractivity (Wildman–Crippen MR) is 116 cm³/mol. The van der Waals surface area contributed by atoms with E-state index in [1.54, 1.807) is 12.1 Å². The first-order valence-electron chi connectivity index (χ1n) is 10.3. The van der Waals surface area contributed by atoms with Gasteiger partial charge in [0, 0.05) is 30.7 Å². The Hall–Kier alpha value is -3.41. The van der Waals surface area contributed by atoms with Crippen LogP contribution < -0.4 is 5.32 Å². The van der Waals surface area contributed by atoms with Crippen molar-refractivity contribution in [2.45, 2.75) is 31.2 Å². The number of carbonyl (C=O) groups is 1. The number of imidazole rings is 1. The van der Waals surface area contributed by atoms with Gasteiger partial charge in [-0.3, -0.25) is 4.79 Å². The molecule has 3 aromatic rings. The van der Waals surface area contributed by atoms with E-state index in [1.165, 1.54) is 18.0 Å². The number of nitrogens with zero attached hydrogens (tertiary/aromatic N) is 2. The summed E-state index contributed by atoms with van der Waals surface area (Å²) in [6, 6.07) is 7.89. The highest BCUT2D eigenvalue weighted by Gasteiger charge is 2.34. The second kappa shape index (κ2) is 8.75. The Morgan fingerprint density at radius 3 is 2.68 bits per heavy atom. The molecule has 0 radical (unpaired) electrons. The van der Waals surface area contributed by atoms with Gasteiger partial charge in [-0.1, -0.05) is 19.1 Å². The third-order valence-electron chi connectivity index (χ3n) is 5.55. The van der Waals surface area contributed by atoms with Crippen LogP contribution in [0.15, 0.2) is 47.8 Å². The van der Waals surface area contributed by atoms with Gasteiger partial charge in [-0.15, -0.1) is 0 Å². The lowest BCUT2D eigenvalue weighted by molar-refractivity contribution is -0.139. The summed E-state index contributed by atoms with van der Waals surface area (Å²) < 4.78 is 76.3. The first-order chi connectivity index (χ1) is 16.0. The largest absolute Gasteiger partial charge is 0.419 e. The number of rotatable bonds is 5. The van der Waals surface area contributed by atoms with Gasteiger partial charge < -0.3 is 15.2 Å². The van der Waals surface area contributed by atoms with E-state index in [0.717, 1.165) is 23.3 Å². The van der Waals surface area contributed by atoms with Crippen LogP contribution >= 0.6 is 0 Å². The molecule has 2 aromatic carbocycles. The number of aromatic nitrogens is 2. The number of benzene rings is 2.